The Hall–Kier alpha value is -0.730. The zero-order valence-corrected chi connectivity index (χ0v) is 9.88. The lowest BCUT2D eigenvalue weighted by Gasteiger charge is -2.41. The van der Waals surface area contributed by atoms with Crippen molar-refractivity contribution in [3.8, 4) is 0 Å². The van der Waals surface area contributed by atoms with Gasteiger partial charge in [0.05, 0.1) is 0 Å². The van der Waals surface area contributed by atoms with E-state index in [0.717, 1.165) is 19.5 Å². The minimum Gasteiger partial charge on any atom is -0.338 e. The van der Waals surface area contributed by atoms with Crippen LogP contribution >= 0.6 is 0 Å². The fourth-order valence-electron chi connectivity index (χ4n) is 2.69. The predicted molar refractivity (Wildman–Crippen MR) is 60.8 cm³/mol. The highest BCUT2D eigenvalue weighted by molar-refractivity contribution is 5.75. The van der Waals surface area contributed by atoms with Crippen molar-refractivity contribution in [3.05, 3.63) is 0 Å². The van der Waals surface area contributed by atoms with Gasteiger partial charge in [-0.25, -0.2) is 4.79 Å². The number of rotatable bonds is 1. The molecule has 3 heteroatoms. The molecule has 1 saturated heterocycles. The quantitative estimate of drug-likeness (QED) is 0.708. The van der Waals surface area contributed by atoms with Crippen molar-refractivity contribution >= 4 is 6.03 Å². The summed E-state index contributed by atoms with van der Waals surface area (Å²) < 4.78 is 0. The standard InChI is InChI=1S/C12H22N2O/c1-12(2)6-4-10(5-7-12)14-9-3-8-13-11(14)15/h10H,3-9H2,1-2H3,(H,13,15). The summed E-state index contributed by atoms with van der Waals surface area (Å²) in [5.74, 6) is 0. The van der Waals surface area contributed by atoms with Gasteiger partial charge in [0.25, 0.3) is 0 Å². The number of nitrogens with one attached hydrogen (secondary N) is 1. The lowest BCUT2D eigenvalue weighted by atomic mass is 9.75. The van der Waals surface area contributed by atoms with Gasteiger partial charge < -0.3 is 10.2 Å². The van der Waals surface area contributed by atoms with Gasteiger partial charge in [0, 0.05) is 19.1 Å². The van der Waals surface area contributed by atoms with Crippen LogP contribution in [-0.4, -0.2) is 30.1 Å². The summed E-state index contributed by atoms with van der Waals surface area (Å²) in [5.41, 5.74) is 0.489. The summed E-state index contributed by atoms with van der Waals surface area (Å²) in [5, 5.41) is 2.94. The Labute approximate surface area is 92.2 Å². The first-order chi connectivity index (χ1) is 7.08. The fourth-order valence-corrected chi connectivity index (χ4v) is 2.69. The van der Waals surface area contributed by atoms with E-state index in [1.165, 1.54) is 25.7 Å². The van der Waals surface area contributed by atoms with Gasteiger partial charge in [0.15, 0.2) is 0 Å². The molecule has 0 atom stereocenters. The maximum absolute atomic E-state index is 11.7. The molecule has 0 aromatic rings. The molecule has 86 valence electrons. The molecule has 0 aromatic carbocycles. The summed E-state index contributed by atoms with van der Waals surface area (Å²) in [6.07, 6.45) is 5.97. The van der Waals surface area contributed by atoms with Gasteiger partial charge in [-0.1, -0.05) is 13.8 Å². The summed E-state index contributed by atoms with van der Waals surface area (Å²) in [6.45, 7) is 6.48. The first-order valence-corrected chi connectivity index (χ1v) is 6.13. The van der Waals surface area contributed by atoms with Crippen molar-refractivity contribution in [1.29, 1.82) is 0 Å². The lowest BCUT2D eigenvalue weighted by molar-refractivity contribution is 0.111. The molecule has 0 spiro atoms. The maximum atomic E-state index is 11.7. The Morgan fingerprint density at radius 2 is 2.00 bits per heavy atom. The second-order valence-electron chi connectivity index (χ2n) is 5.67. The van der Waals surface area contributed by atoms with E-state index in [-0.39, 0.29) is 6.03 Å². The summed E-state index contributed by atoms with van der Waals surface area (Å²) in [6, 6.07) is 0.657. The van der Waals surface area contributed by atoms with Gasteiger partial charge in [0.2, 0.25) is 0 Å². The molecule has 1 heterocycles. The van der Waals surface area contributed by atoms with Crippen molar-refractivity contribution in [2.75, 3.05) is 13.1 Å². The molecule has 0 bridgehead atoms. The van der Waals surface area contributed by atoms with E-state index in [1.54, 1.807) is 0 Å². The van der Waals surface area contributed by atoms with Gasteiger partial charge in [-0.15, -0.1) is 0 Å². The van der Waals surface area contributed by atoms with Crippen molar-refractivity contribution in [3.63, 3.8) is 0 Å². The first kappa shape index (κ1) is 10.8. The molecule has 2 amide bonds. The van der Waals surface area contributed by atoms with E-state index < -0.39 is 0 Å². The third-order valence-corrected chi connectivity index (χ3v) is 3.86. The molecular weight excluding hydrogens is 188 g/mol. The molecule has 0 radical (unpaired) electrons. The molecule has 2 fully saturated rings. The van der Waals surface area contributed by atoms with Crippen LogP contribution in [0.25, 0.3) is 0 Å². The number of urea groups is 1. The average molecular weight is 210 g/mol. The zero-order valence-electron chi connectivity index (χ0n) is 9.88. The van der Waals surface area contributed by atoms with Crippen LogP contribution in [0, 0.1) is 5.41 Å². The van der Waals surface area contributed by atoms with Crippen LogP contribution < -0.4 is 5.32 Å². The summed E-state index contributed by atoms with van der Waals surface area (Å²) >= 11 is 0. The molecule has 1 aliphatic heterocycles. The van der Waals surface area contributed by atoms with E-state index in [0.29, 0.717) is 11.5 Å². The molecule has 2 aliphatic rings. The maximum Gasteiger partial charge on any atom is 0.317 e. The Bertz CT molecular complexity index is 240. The van der Waals surface area contributed by atoms with Crippen LogP contribution in [0.3, 0.4) is 0 Å². The van der Waals surface area contributed by atoms with Crippen molar-refractivity contribution in [2.45, 2.75) is 52.0 Å². The first-order valence-electron chi connectivity index (χ1n) is 6.13. The Morgan fingerprint density at radius 3 is 2.60 bits per heavy atom. The molecule has 0 aromatic heterocycles. The van der Waals surface area contributed by atoms with Crippen molar-refractivity contribution in [1.82, 2.24) is 10.2 Å². The Kier molecular flexibility index (Phi) is 2.89. The second kappa shape index (κ2) is 4.03. The Morgan fingerprint density at radius 1 is 1.33 bits per heavy atom. The monoisotopic (exact) mass is 210 g/mol. The van der Waals surface area contributed by atoms with Gasteiger partial charge in [-0.3, -0.25) is 0 Å². The van der Waals surface area contributed by atoms with Crippen LogP contribution in [-0.2, 0) is 0 Å². The van der Waals surface area contributed by atoms with Crippen LogP contribution in [0.1, 0.15) is 46.0 Å². The van der Waals surface area contributed by atoms with E-state index in [9.17, 15) is 4.79 Å². The highest BCUT2D eigenvalue weighted by Crippen LogP contribution is 2.37. The van der Waals surface area contributed by atoms with Gasteiger partial charge in [0.1, 0.15) is 0 Å². The van der Waals surface area contributed by atoms with Crippen molar-refractivity contribution < 1.29 is 4.79 Å². The van der Waals surface area contributed by atoms with E-state index in [4.69, 9.17) is 0 Å². The molecule has 1 N–H and O–H groups in total. The minimum absolute atomic E-state index is 0.158. The molecular formula is C12H22N2O. The van der Waals surface area contributed by atoms with Crippen molar-refractivity contribution in [2.24, 2.45) is 5.41 Å². The smallest absolute Gasteiger partial charge is 0.317 e. The number of carbonyl (C=O) groups is 1. The topological polar surface area (TPSA) is 32.3 Å². The van der Waals surface area contributed by atoms with Gasteiger partial charge >= 0.3 is 6.03 Å². The third kappa shape index (κ3) is 2.44. The molecule has 2 rings (SSSR count). The van der Waals surface area contributed by atoms with Crippen LogP contribution in [0.5, 0.6) is 0 Å². The van der Waals surface area contributed by atoms with E-state index in [2.05, 4.69) is 24.1 Å². The average Bonchev–Trinajstić information content (AvgIpc) is 2.19. The third-order valence-electron chi connectivity index (χ3n) is 3.86. The number of hydrogen-bond acceptors (Lipinski definition) is 1. The molecule has 1 aliphatic carbocycles. The second-order valence-corrected chi connectivity index (χ2v) is 5.67. The van der Waals surface area contributed by atoms with Crippen LogP contribution in [0.15, 0.2) is 0 Å². The number of hydrogen-bond donors (Lipinski definition) is 1. The lowest BCUT2D eigenvalue weighted by Crippen LogP contribution is -2.52. The number of nitrogens with zero attached hydrogens (tertiary/aromatic N) is 1. The fraction of sp³-hybridized carbons (Fsp3) is 0.917. The normalized spacial score (nSPS) is 27.6. The SMILES string of the molecule is CC1(C)CCC(N2CCCNC2=O)CC1. The van der Waals surface area contributed by atoms with Crippen LogP contribution in [0.2, 0.25) is 0 Å². The Balaban J connectivity index is 1.92. The number of amides is 2. The molecule has 3 nitrogen and oxygen atoms in total. The highest BCUT2D eigenvalue weighted by atomic mass is 16.2. The van der Waals surface area contributed by atoms with Gasteiger partial charge in [-0.2, -0.15) is 0 Å². The molecule has 1 saturated carbocycles. The molecule has 0 unspecified atom stereocenters. The number of carbonyl (C=O) groups excluding carboxylic acids is 1. The van der Waals surface area contributed by atoms with Crippen LogP contribution in [0.4, 0.5) is 4.79 Å². The molecule has 15 heavy (non-hydrogen) atoms. The summed E-state index contributed by atoms with van der Waals surface area (Å²) in [7, 11) is 0. The summed E-state index contributed by atoms with van der Waals surface area (Å²) in [4.78, 5) is 13.7. The van der Waals surface area contributed by atoms with E-state index in [1.807, 2.05) is 0 Å². The minimum atomic E-state index is 0.158. The highest BCUT2D eigenvalue weighted by Gasteiger charge is 2.32. The largest absolute Gasteiger partial charge is 0.338 e. The van der Waals surface area contributed by atoms with Gasteiger partial charge in [-0.05, 0) is 37.5 Å². The zero-order chi connectivity index (χ0) is 10.9. The van der Waals surface area contributed by atoms with E-state index >= 15 is 0 Å². The predicted octanol–water partition coefficient (Wildman–Crippen LogP) is 2.37.